The van der Waals surface area contributed by atoms with Crippen LogP contribution in [0.25, 0.3) is 0 Å². The van der Waals surface area contributed by atoms with Gasteiger partial charge in [-0.15, -0.1) is 0 Å². The van der Waals surface area contributed by atoms with Crippen LogP contribution in [-0.2, 0) is 4.74 Å². The third kappa shape index (κ3) is 2.50. The summed E-state index contributed by atoms with van der Waals surface area (Å²) in [6.07, 6.45) is 5.64. The maximum Gasteiger partial charge on any atom is 0.0523 e. The minimum atomic E-state index is 0.620. The Bertz CT molecular complexity index is 157. The summed E-state index contributed by atoms with van der Waals surface area (Å²) in [7, 11) is 0. The summed E-state index contributed by atoms with van der Waals surface area (Å²) in [6, 6.07) is 0. The molecule has 84 valence electrons. The summed E-state index contributed by atoms with van der Waals surface area (Å²) in [6.45, 7) is 10.8. The summed E-state index contributed by atoms with van der Waals surface area (Å²) >= 11 is 0. The largest absolute Gasteiger partial charge is 0.381 e. The average Bonchev–Trinajstić information content (AvgIpc) is 2.81. The second kappa shape index (κ2) is 5.16. The Morgan fingerprint density at radius 1 is 1.21 bits per heavy atom. The van der Waals surface area contributed by atoms with Gasteiger partial charge in [0.05, 0.1) is 6.61 Å². The molecule has 2 unspecified atom stereocenters. The molecule has 2 rings (SSSR count). The van der Waals surface area contributed by atoms with E-state index in [9.17, 15) is 0 Å². The van der Waals surface area contributed by atoms with Crippen LogP contribution in [0.3, 0.4) is 0 Å². The first-order chi connectivity index (χ1) is 6.72. The fraction of sp³-hybridized carbons (Fsp3) is 1.00. The Kier molecular flexibility index (Phi) is 4.43. The van der Waals surface area contributed by atoms with Crippen molar-refractivity contribution >= 4 is 0 Å². The van der Waals surface area contributed by atoms with E-state index in [1.807, 2.05) is 13.8 Å². The second-order valence-electron chi connectivity index (χ2n) is 5.05. The molecule has 14 heavy (non-hydrogen) atoms. The molecule has 0 amide bonds. The van der Waals surface area contributed by atoms with Crippen LogP contribution in [0.1, 0.15) is 53.4 Å². The first-order valence-electron chi connectivity index (χ1n) is 6.30. The van der Waals surface area contributed by atoms with E-state index in [1.165, 1.54) is 25.7 Å². The van der Waals surface area contributed by atoms with Crippen LogP contribution in [0.15, 0.2) is 0 Å². The van der Waals surface area contributed by atoms with Crippen LogP contribution >= 0.6 is 0 Å². The van der Waals surface area contributed by atoms with Gasteiger partial charge >= 0.3 is 0 Å². The van der Waals surface area contributed by atoms with Gasteiger partial charge in [-0.2, -0.15) is 0 Å². The zero-order chi connectivity index (χ0) is 10.6. The van der Waals surface area contributed by atoms with Crippen molar-refractivity contribution in [1.82, 2.24) is 0 Å². The van der Waals surface area contributed by atoms with Crippen LogP contribution in [0.2, 0.25) is 0 Å². The van der Waals surface area contributed by atoms with Crippen LogP contribution in [0.4, 0.5) is 0 Å². The van der Waals surface area contributed by atoms with Crippen LogP contribution < -0.4 is 0 Å². The van der Waals surface area contributed by atoms with Gasteiger partial charge in [0.15, 0.2) is 0 Å². The third-order valence-corrected chi connectivity index (χ3v) is 3.87. The average molecular weight is 198 g/mol. The topological polar surface area (TPSA) is 9.23 Å². The lowest BCUT2D eigenvalue weighted by Crippen LogP contribution is -2.17. The summed E-state index contributed by atoms with van der Waals surface area (Å²) in [4.78, 5) is 0. The predicted molar refractivity (Wildman–Crippen MR) is 61.4 cm³/mol. The zero-order valence-corrected chi connectivity index (χ0v) is 10.3. The van der Waals surface area contributed by atoms with E-state index in [-0.39, 0.29) is 0 Å². The van der Waals surface area contributed by atoms with E-state index in [1.54, 1.807) is 0 Å². The Morgan fingerprint density at radius 3 is 2.36 bits per heavy atom. The van der Waals surface area contributed by atoms with Crippen molar-refractivity contribution < 1.29 is 4.74 Å². The van der Waals surface area contributed by atoms with E-state index < -0.39 is 0 Å². The lowest BCUT2D eigenvalue weighted by Gasteiger charge is -2.21. The fourth-order valence-corrected chi connectivity index (χ4v) is 2.83. The van der Waals surface area contributed by atoms with Gasteiger partial charge in [-0.05, 0) is 42.9 Å². The molecule has 0 aromatic heterocycles. The van der Waals surface area contributed by atoms with Crippen molar-refractivity contribution in [3.05, 3.63) is 0 Å². The molecule has 1 spiro atoms. The van der Waals surface area contributed by atoms with E-state index in [4.69, 9.17) is 4.74 Å². The highest BCUT2D eigenvalue weighted by Gasteiger charge is 2.42. The van der Waals surface area contributed by atoms with Crippen molar-refractivity contribution in [3.63, 3.8) is 0 Å². The van der Waals surface area contributed by atoms with Gasteiger partial charge in [-0.1, -0.05) is 27.7 Å². The van der Waals surface area contributed by atoms with E-state index >= 15 is 0 Å². The number of hydrogen-bond donors (Lipinski definition) is 0. The highest BCUT2D eigenvalue weighted by atomic mass is 16.5. The summed E-state index contributed by atoms with van der Waals surface area (Å²) < 4.78 is 5.51. The molecule has 1 nitrogen and oxygen atoms in total. The van der Waals surface area contributed by atoms with Crippen LogP contribution in [0.5, 0.6) is 0 Å². The normalized spacial score (nSPS) is 36.2. The molecule has 2 aliphatic rings. The van der Waals surface area contributed by atoms with Crippen molar-refractivity contribution in [3.8, 4) is 0 Å². The van der Waals surface area contributed by atoms with Gasteiger partial charge < -0.3 is 4.74 Å². The molecule has 1 heteroatoms. The molecule has 1 aliphatic carbocycles. The Morgan fingerprint density at radius 2 is 1.93 bits per heavy atom. The van der Waals surface area contributed by atoms with Crippen LogP contribution in [0, 0.1) is 17.3 Å². The molecule has 1 aliphatic heterocycles. The highest BCUT2D eigenvalue weighted by molar-refractivity contribution is 4.92. The molecule has 1 heterocycles. The van der Waals surface area contributed by atoms with Gasteiger partial charge in [0.2, 0.25) is 0 Å². The number of ether oxygens (including phenoxy) is 1. The van der Waals surface area contributed by atoms with Crippen molar-refractivity contribution in [1.29, 1.82) is 0 Å². The molecule has 0 aromatic rings. The molecule has 0 aromatic carbocycles. The van der Waals surface area contributed by atoms with Gasteiger partial charge in [0, 0.05) is 6.61 Å². The Labute approximate surface area is 89.2 Å². The molecule has 0 bridgehead atoms. The first kappa shape index (κ1) is 12.0. The minimum Gasteiger partial charge on any atom is -0.381 e. The maximum atomic E-state index is 5.51. The molecule has 2 fully saturated rings. The van der Waals surface area contributed by atoms with Crippen LogP contribution in [-0.4, -0.2) is 13.2 Å². The predicted octanol–water partition coefficient (Wildman–Crippen LogP) is 3.88. The molecule has 0 N–H and O–H groups in total. The number of hydrogen-bond acceptors (Lipinski definition) is 1. The summed E-state index contributed by atoms with van der Waals surface area (Å²) in [5.41, 5.74) is 0.620. The van der Waals surface area contributed by atoms with Crippen molar-refractivity contribution in [2.75, 3.05) is 13.2 Å². The van der Waals surface area contributed by atoms with E-state index in [0.717, 1.165) is 25.0 Å². The molecular formula is C13H26O. The van der Waals surface area contributed by atoms with Gasteiger partial charge in [0.1, 0.15) is 0 Å². The van der Waals surface area contributed by atoms with Gasteiger partial charge in [0.25, 0.3) is 0 Å². The zero-order valence-electron chi connectivity index (χ0n) is 10.3. The number of rotatable bonds is 1. The van der Waals surface area contributed by atoms with Crippen molar-refractivity contribution in [2.24, 2.45) is 17.3 Å². The van der Waals surface area contributed by atoms with Gasteiger partial charge in [-0.3, -0.25) is 0 Å². The Balaban J connectivity index is 0.000000461. The standard InChI is InChI=1S/C11H20O.C2H6/c1-9(2)10-3-4-11(7-10)5-6-12-8-11;1-2/h9-10H,3-8H2,1-2H3;1-2H3. The molecule has 0 radical (unpaired) electrons. The molecular weight excluding hydrogens is 172 g/mol. The lowest BCUT2D eigenvalue weighted by atomic mass is 9.83. The molecule has 2 atom stereocenters. The molecule has 1 saturated carbocycles. The summed E-state index contributed by atoms with van der Waals surface area (Å²) in [5, 5.41) is 0. The second-order valence-corrected chi connectivity index (χ2v) is 5.05. The monoisotopic (exact) mass is 198 g/mol. The molecule has 1 saturated heterocycles. The minimum absolute atomic E-state index is 0.620. The maximum absolute atomic E-state index is 5.51. The first-order valence-corrected chi connectivity index (χ1v) is 6.30. The Hall–Kier alpha value is -0.0400. The van der Waals surface area contributed by atoms with E-state index in [2.05, 4.69) is 13.8 Å². The van der Waals surface area contributed by atoms with E-state index in [0.29, 0.717) is 5.41 Å². The fourth-order valence-electron chi connectivity index (χ4n) is 2.83. The summed E-state index contributed by atoms with van der Waals surface area (Å²) in [5.74, 6) is 1.86. The van der Waals surface area contributed by atoms with Crippen molar-refractivity contribution in [2.45, 2.75) is 53.4 Å². The SMILES string of the molecule is CC.CC(C)C1CCC2(CCOC2)C1. The lowest BCUT2D eigenvalue weighted by molar-refractivity contribution is 0.150. The quantitative estimate of drug-likeness (QED) is 0.621. The van der Waals surface area contributed by atoms with Gasteiger partial charge in [-0.25, -0.2) is 0 Å². The smallest absolute Gasteiger partial charge is 0.0523 e. The third-order valence-electron chi connectivity index (χ3n) is 3.87. The highest BCUT2D eigenvalue weighted by Crippen LogP contribution is 2.49.